The molecular weight excluding hydrogens is 499 g/mol. The smallest absolute Gasteiger partial charge is 0.384 e. The van der Waals surface area contributed by atoms with E-state index in [-0.39, 0.29) is 18.8 Å². The van der Waals surface area contributed by atoms with Crippen molar-refractivity contribution < 1.29 is 27.6 Å². The summed E-state index contributed by atoms with van der Waals surface area (Å²) >= 11 is 0. The van der Waals surface area contributed by atoms with Crippen molar-refractivity contribution in [1.29, 1.82) is 0 Å². The van der Waals surface area contributed by atoms with Gasteiger partial charge in [0.25, 0.3) is 5.91 Å². The SMILES string of the molecule is CCN(C(=O)[C@@H]1[C@@H](Cc2ccnc(N)c2)C(=O)N1C(=O)C[C@@H](C1CCCCC1)C(F)(F)F)c1ccncc1. The zero-order valence-corrected chi connectivity index (χ0v) is 21.2. The second kappa shape index (κ2) is 11.5. The highest BCUT2D eigenvalue weighted by atomic mass is 19.4. The van der Waals surface area contributed by atoms with Gasteiger partial charge in [-0.1, -0.05) is 19.3 Å². The van der Waals surface area contributed by atoms with Gasteiger partial charge in [0.05, 0.1) is 11.8 Å². The number of amides is 3. The Kier molecular flexibility index (Phi) is 8.32. The van der Waals surface area contributed by atoms with E-state index in [4.69, 9.17) is 5.73 Å². The predicted molar refractivity (Wildman–Crippen MR) is 134 cm³/mol. The summed E-state index contributed by atoms with van der Waals surface area (Å²) in [6.45, 7) is 1.98. The van der Waals surface area contributed by atoms with E-state index in [1.807, 2.05) is 0 Å². The molecule has 0 unspecified atom stereocenters. The Labute approximate surface area is 219 Å². The van der Waals surface area contributed by atoms with Crippen LogP contribution in [0.4, 0.5) is 24.7 Å². The molecule has 0 radical (unpaired) electrons. The van der Waals surface area contributed by atoms with Gasteiger partial charge < -0.3 is 10.6 Å². The van der Waals surface area contributed by atoms with Gasteiger partial charge in [0.2, 0.25) is 11.8 Å². The molecule has 4 rings (SSSR count). The minimum absolute atomic E-state index is 0.102. The molecule has 38 heavy (non-hydrogen) atoms. The molecule has 2 aromatic rings. The molecular formula is C27H32F3N5O3. The van der Waals surface area contributed by atoms with Crippen molar-refractivity contribution in [2.24, 2.45) is 17.8 Å². The van der Waals surface area contributed by atoms with Crippen LogP contribution in [0.3, 0.4) is 0 Å². The lowest BCUT2D eigenvalue weighted by molar-refractivity contribution is -0.199. The molecule has 0 aromatic carbocycles. The number of likely N-dealkylation sites (tertiary alicyclic amines) is 1. The largest absolute Gasteiger partial charge is 0.392 e. The minimum atomic E-state index is -4.58. The Morgan fingerprint density at radius 2 is 1.82 bits per heavy atom. The van der Waals surface area contributed by atoms with Crippen molar-refractivity contribution in [2.45, 2.75) is 64.1 Å². The van der Waals surface area contributed by atoms with Crippen LogP contribution in [0.1, 0.15) is 51.0 Å². The normalized spacial score (nSPS) is 21.1. The van der Waals surface area contributed by atoms with E-state index in [9.17, 15) is 27.6 Å². The van der Waals surface area contributed by atoms with Crippen LogP contribution in [0.15, 0.2) is 42.9 Å². The highest BCUT2D eigenvalue weighted by Crippen LogP contribution is 2.43. The lowest BCUT2D eigenvalue weighted by Gasteiger charge is -2.47. The molecule has 2 fully saturated rings. The van der Waals surface area contributed by atoms with E-state index in [1.165, 1.54) is 23.5 Å². The number of aromatic nitrogens is 2. The maximum Gasteiger partial charge on any atom is 0.392 e. The summed E-state index contributed by atoms with van der Waals surface area (Å²) in [7, 11) is 0. The number of carbonyl (C=O) groups excluding carboxylic acids is 3. The number of carbonyl (C=O) groups is 3. The second-order valence-electron chi connectivity index (χ2n) is 9.98. The molecule has 2 N–H and O–H groups in total. The fraction of sp³-hybridized carbons (Fsp3) is 0.519. The zero-order valence-electron chi connectivity index (χ0n) is 21.2. The van der Waals surface area contributed by atoms with Crippen molar-refractivity contribution in [3.63, 3.8) is 0 Å². The number of hydrogen-bond donors (Lipinski definition) is 1. The first-order chi connectivity index (χ1) is 18.1. The number of pyridine rings is 2. The number of alkyl halides is 3. The molecule has 3 amide bonds. The molecule has 8 nitrogen and oxygen atoms in total. The average molecular weight is 532 g/mol. The molecule has 0 spiro atoms. The van der Waals surface area contributed by atoms with Crippen molar-refractivity contribution in [1.82, 2.24) is 14.9 Å². The molecule has 3 atom stereocenters. The molecule has 2 aliphatic rings. The van der Waals surface area contributed by atoms with E-state index >= 15 is 0 Å². The topological polar surface area (TPSA) is 109 Å². The van der Waals surface area contributed by atoms with Crippen LogP contribution in [-0.4, -0.2) is 51.4 Å². The Hall–Kier alpha value is -3.50. The van der Waals surface area contributed by atoms with Gasteiger partial charge in [-0.25, -0.2) is 4.98 Å². The van der Waals surface area contributed by atoms with E-state index in [1.54, 1.807) is 31.2 Å². The molecule has 1 aliphatic carbocycles. The molecule has 11 heteroatoms. The van der Waals surface area contributed by atoms with Crippen LogP contribution in [0, 0.1) is 17.8 Å². The van der Waals surface area contributed by atoms with Gasteiger partial charge in [0, 0.05) is 37.2 Å². The summed E-state index contributed by atoms with van der Waals surface area (Å²) in [6.07, 6.45) is 2.20. The van der Waals surface area contributed by atoms with Gasteiger partial charge in [-0.2, -0.15) is 13.2 Å². The Balaban J connectivity index is 1.62. The first-order valence-electron chi connectivity index (χ1n) is 13.0. The van der Waals surface area contributed by atoms with E-state index in [0.717, 1.165) is 11.3 Å². The van der Waals surface area contributed by atoms with Crippen LogP contribution >= 0.6 is 0 Å². The lowest BCUT2D eigenvalue weighted by Crippen LogP contribution is -2.69. The van der Waals surface area contributed by atoms with Crippen molar-refractivity contribution in [3.8, 4) is 0 Å². The number of nitrogens with two attached hydrogens (primary N) is 1. The van der Waals surface area contributed by atoms with Gasteiger partial charge in [-0.3, -0.25) is 24.3 Å². The number of rotatable bonds is 8. The third kappa shape index (κ3) is 5.81. The number of anilines is 2. The molecule has 1 saturated heterocycles. The number of imide groups is 1. The summed E-state index contributed by atoms with van der Waals surface area (Å²) in [6, 6.07) is 5.24. The number of β-lactam (4-membered cyclic amide) rings is 1. The molecule has 1 aliphatic heterocycles. The Morgan fingerprint density at radius 1 is 1.13 bits per heavy atom. The molecule has 0 bridgehead atoms. The fourth-order valence-corrected chi connectivity index (χ4v) is 5.71. The third-order valence-electron chi connectivity index (χ3n) is 7.63. The maximum absolute atomic E-state index is 14.1. The van der Waals surface area contributed by atoms with Crippen LogP contribution in [-0.2, 0) is 20.8 Å². The van der Waals surface area contributed by atoms with Gasteiger partial charge in [0.1, 0.15) is 11.9 Å². The number of hydrogen-bond acceptors (Lipinski definition) is 6. The number of likely N-dealkylation sites (N-methyl/N-ethyl adjacent to an activating group) is 1. The second-order valence-corrected chi connectivity index (χ2v) is 9.98. The monoisotopic (exact) mass is 531 g/mol. The highest BCUT2D eigenvalue weighted by Gasteiger charge is 2.56. The lowest BCUT2D eigenvalue weighted by atomic mass is 9.76. The van der Waals surface area contributed by atoms with Crippen molar-refractivity contribution in [2.75, 3.05) is 17.2 Å². The van der Waals surface area contributed by atoms with Crippen molar-refractivity contribution in [3.05, 3.63) is 48.4 Å². The molecule has 2 aromatic heterocycles. The minimum Gasteiger partial charge on any atom is -0.384 e. The average Bonchev–Trinajstić information content (AvgIpc) is 2.89. The van der Waals surface area contributed by atoms with E-state index in [2.05, 4.69) is 9.97 Å². The first kappa shape index (κ1) is 27.5. The molecule has 204 valence electrons. The Bertz CT molecular complexity index is 1150. The Morgan fingerprint density at radius 3 is 2.42 bits per heavy atom. The highest BCUT2D eigenvalue weighted by molar-refractivity contribution is 6.13. The summed E-state index contributed by atoms with van der Waals surface area (Å²) in [4.78, 5) is 50.4. The van der Waals surface area contributed by atoms with Gasteiger partial charge >= 0.3 is 6.18 Å². The van der Waals surface area contributed by atoms with Gasteiger partial charge in [0.15, 0.2) is 0 Å². The summed E-state index contributed by atoms with van der Waals surface area (Å²) in [5, 5.41) is 0. The predicted octanol–water partition coefficient (Wildman–Crippen LogP) is 4.16. The third-order valence-corrected chi connectivity index (χ3v) is 7.63. The zero-order chi connectivity index (χ0) is 27.4. The van der Waals surface area contributed by atoms with Crippen LogP contribution < -0.4 is 10.6 Å². The molecule has 1 saturated carbocycles. The van der Waals surface area contributed by atoms with Gasteiger partial charge in [-0.05, 0) is 61.9 Å². The van der Waals surface area contributed by atoms with Crippen molar-refractivity contribution >= 4 is 29.2 Å². The first-order valence-corrected chi connectivity index (χ1v) is 13.0. The fourth-order valence-electron chi connectivity index (χ4n) is 5.71. The van der Waals surface area contributed by atoms with Gasteiger partial charge in [-0.15, -0.1) is 0 Å². The summed E-state index contributed by atoms with van der Waals surface area (Å²) < 4.78 is 42.2. The number of nitrogen functional groups attached to an aromatic ring is 1. The van der Waals surface area contributed by atoms with Crippen LogP contribution in [0.2, 0.25) is 0 Å². The van der Waals surface area contributed by atoms with Crippen LogP contribution in [0.25, 0.3) is 0 Å². The summed E-state index contributed by atoms with van der Waals surface area (Å²) in [5.41, 5.74) is 6.92. The maximum atomic E-state index is 14.1. The van der Waals surface area contributed by atoms with Crippen LogP contribution in [0.5, 0.6) is 0 Å². The van der Waals surface area contributed by atoms with E-state index in [0.29, 0.717) is 36.9 Å². The quantitative estimate of drug-likeness (QED) is 0.513. The standard InChI is InChI=1S/C27H32F3N5O3/c1-2-34(19-9-11-32-12-10-19)26(38)24-20(14-17-8-13-33-22(31)15-17)25(37)35(24)23(36)16-21(27(28,29)30)18-6-4-3-5-7-18/h8-13,15,18,20-21,24H,2-7,14,16H2,1H3,(H2,31,33)/t20-,21+,24+/m1/s1. The summed E-state index contributed by atoms with van der Waals surface area (Å²) in [5.74, 6) is -5.34. The molecule has 3 heterocycles. The van der Waals surface area contributed by atoms with E-state index < -0.39 is 54.1 Å². The number of nitrogens with zero attached hydrogens (tertiary/aromatic N) is 4. The number of halogens is 3.